The van der Waals surface area contributed by atoms with Crippen molar-refractivity contribution in [3.05, 3.63) is 106 Å². The van der Waals surface area contributed by atoms with E-state index in [1.807, 2.05) is 24.3 Å². The molecule has 0 spiro atoms. The van der Waals surface area contributed by atoms with E-state index in [1.165, 1.54) is 37.7 Å². The predicted octanol–water partition coefficient (Wildman–Crippen LogP) is 5.57. The largest absolute Gasteiger partial charge is 0.454 e. The third-order valence-electron chi connectivity index (χ3n) is 7.03. The van der Waals surface area contributed by atoms with Crippen LogP contribution in [0.15, 0.2) is 72.8 Å². The summed E-state index contributed by atoms with van der Waals surface area (Å²) in [6.45, 7) is -0.315. The number of ether oxygens (including phenoxy) is 1. The molecule has 0 radical (unpaired) electrons. The van der Waals surface area contributed by atoms with Crippen molar-refractivity contribution in [2.45, 2.75) is 44.6 Å². The molecule has 1 fully saturated rings. The Morgan fingerprint density at radius 1 is 0.778 bits per heavy atom. The summed E-state index contributed by atoms with van der Waals surface area (Å²) in [5.74, 6) is -1.05. The van der Waals surface area contributed by atoms with E-state index in [-0.39, 0.29) is 36.3 Å². The Morgan fingerprint density at radius 3 is 2.11 bits per heavy atom. The van der Waals surface area contributed by atoms with Crippen molar-refractivity contribution >= 4 is 23.6 Å². The lowest BCUT2D eigenvalue weighted by atomic mass is 9.84. The standard InChI is InChI=1S/C30H27NO5/c32-27(23-15-13-22(14-16-23)21-8-2-1-3-9-21)19-36-30(35)24-10-6-7-20(17-24)18-31-28(33)25-11-4-5-12-26(25)29(31)34/h4-7,10-17,21H,1-3,8-9,18-19H2. The van der Waals surface area contributed by atoms with Crippen LogP contribution in [0.25, 0.3) is 0 Å². The molecule has 3 aromatic carbocycles. The molecule has 182 valence electrons. The summed E-state index contributed by atoms with van der Waals surface area (Å²) in [5, 5.41) is 0. The van der Waals surface area contributed by atoms with Gasteiger partial charge in [-0.25, -0.2) is 4.79 Å². The Morgan fingerprint density at radius 2 is 1.44 bits per heavy atom. The van der Waals surface area contributed by atoms with Gasteiger partial charge in [-0.3, -0.25) is 19.3 Å². The van der Waals surface area contributed by atoms with Gasteiger partial charge in [0.05, 0.1) is 23.2 Å². The quantitative estimate of drug-likeness (QED) is 0.250. The molecule has 0 saturated heterocycles. The van der Waals surface area contributed by atoms with Gasteiger partial charge in [0, 0.05) is 5.56 Å². The van der Waals surface area contributed by atoms with Crippen LogP contribution in [-0.4, -0.2) is 35.1 Å². The number of hydrogen-bond donors (Lipinski definition) is 0. The molecule has 1 aliphatic heterocycles. The van der Waals surface area contributed by atoms with E-state index in [1.54, 1.807) is 48.5 Å². The second kappa shape index (κ2) is 10.3. The molecule has 36 heavy (non-hydrogen) atoms. The first-order valence-corrected chi connectivity index (χ1v) is 12.4. The first-order chi connectivity index (χ1) is 17.5. The van der Waals surface area contributed by atoms with Gasteiger partial charge >= 0.3 is 5.97 Å². The van der Waals surface area contributed by atoms with Crippen LogP contribution in [-0.2, 0) is 11.3 Å². The molecule has 6 heteroatoms. The fourth-order valence-corrected chi connectivity index (χ4v) is 5.04. The molecule has 1 heterocycles. The molecule has 0 atom stereocenters. The van der Waals surface area contributed by atoms with E-state index in [9.17, 15) is 19.2 Å². The number of benzene rings is 3. The fraction of sp³-hybridized carbons (Fsp3) is 0.267. The number of nitrogens with zero attached hydrogens (tertiary/aromatic N) is 1. The average molecular weight is 482 g/mol. The lowest BCUT2D eigenvalue weighted by Gasteiger charge is -2.22. The van der Waals surface area contributed by atoms with Crippen LogP contribution in [0.2, 0.25) is 0 Å². The topological polar surface area (TPSA) is 80.8 Å². The number of ketones is 1. The number of hydrogen-bond acceptors (Lipinski definition) is 5. The average Bonchev–Trinajstić information content (AvgIpc) is 3.17. The van der Waals surface area contributed by atoms with Gasteiger partial charge in [0.25, 0.3) is 11.8 Å². The number of carbonyl (C=O) groups is 4. The molecule has 1 aliphatic carbocycles. The van der Waals surface area contributed by atoms with E-state index >= 15 is 0 Å². The van der Waals surface area contributed by atoms with Gasteiger partial charge in [0.15, 0.2) is 12.4 Å². The van der Waals surface area contributed by atoms with E-state index in [0.29, 0.717) is 28.2 Å². The Hall–Kier alpha value is -4.06. The highest BCUT2D eigenvalue weighted by molar-refractivity contribution is 6.21. The Bertz CT molecular complexity index is 1290. The third-order valence-corrected chi connectivity index (χ3v) is 7.03. The van der Waals surface area contributed by atoms with Crippen LogP contribution in [0.5, 0.6) is 0 Å². The molecule has 0 N–H and O–H groups in total. The number of Topliss-reactive ketones (excluding diaryl/α,β-unsaturated/α-hetero) is 1. The van der Waals surface area contributed by atoms with Gasteiger partial charge < -0.3 is 4.74 Å². The molecule has 5 rings (SSSR count). The van der Waals surface area contributed by atoms with Crippen molar-refractivity contribution in [3.8, 4) is 0 Å². The molecule has 2 amide bonds. The second-order valence-corrected chi connectivity index (χ2v) is 9.40. The maximum Gasteiger partial charge on any atom is 0.338 e. The zero-order valence-corrected chi connectivity index (χ0v) is 19.9. The summed E-state index contributed by atoms with van der Waals surface area (Å²) in [5.41, 5.74) is 3.40. The van der Waals surface area contributed by atoms with E-state index < -0.39 is 5.97 Å². The molecular weight excluding hydrogens is 454 g/mol. The second-order valence-electron chi connectivity index (χ2n) is 9.40. The van der Waals surface area contributed by atoms with Gasteiger partial charge in [-0.05, 0) is 54.2 Å². The maximum atomic E-state index is 12.6. The molecule has 0 aromatic heterocycles. The highest BCUT2D eigenvalue weighted by Gasteiger charge is 2.35. The molecular formula is C30H27NO5. The van der Waals surface area contributed by atoms with Crippen molar-refractivity contribution in [3.63, 3.8) is 0 Å². The Balaban J connectivity index is 1.19. The fourth-order valence-electron chi connectivity index (χ4n) is 5.04. The van der Waals surface area contributed by atoms with Crippen LogP contribution < -0.4 is 0 Å². The van der Waals surface area contributed by atoms with Gasteiger partial charge in [0.1, 0.15) is 0 Å². The summed E-state index contributed by atoms with van der Waals surface area (Å²) < 4.78 is 5.27. The monoisotopic (exact) mass is 481 g/mol. The summed E-state index contributed by atoms with van der Waals surface area (Å²) in [6.07, 6.45) is 6.18. The van der Waals surface area contributed by atoms with Crippen LogP contribution in [0, 0.1) is 0 Å². The van der Waals surface area contributed by atoms with Crippen molar-refractivity contribution in [2.24, 2.45) is 0 Å². The number of amides is 2. The summed E-state index contributed by atoms with van der Waals surface area (Å²) in [7, 11) is 0. The number of rotatable bonds is 7. The zero-order chi connectivity index (χ0) is 25.1. The number of carbonyl (C=O) groups excluding carboxylic acids is 4. The molecule has 0 unspecified atom stereocenters. The first kappa shape index (κ1) is 23.7. The normalized spacial score (nSPS) is 15.6. The highest BCUT2D eigenvalue weighted by atomic mass is 16.5. The minimum Gasteiger partial charge on any atom is -0.454 e. The smallest absolute Gasteiger partial charge is 0.338 e. The summed E-state index contributed by atoms with van der Waals surface area (Å²) in [4.78, 5) is 51.6. The predicted molar refractivity (Wildman–Crippen MR) is 134 cm³/mol. The lowest BCUT2D eigenvalue weighted by molar-refractivity contribution is 0.0474. The molecule has 1 saturated carbocycles. The zero-order valence-electron chi connectivity index (χ0n) is 19.9. The highest BCUT2D eigenvalue weighted by Crippen LogP contribution is 2.32. The van der Waals surface area contributed by atoms with Gasteiger partial charge in [-0.15, -0.1) is 0 Å². The van der Waals surface area contributed by atoms with Crippen LogP contribution in [0.1, 0.15) is 90.6 Å². The molecule has 2 aliphatic rings. The van der Waals surface area contributed by atoms with Crippen LogP contribution in [0.3, 0.4) is 0 Å². The van der Waals surface area contributed by atoms with Crippen molar-refractivity contribution in [1.82, 2.24) is 4.90 Å². The number of fused-ring (bicyclic) bond motifs is 1. The van der Waals surface area contributed by atoms with Crippen molar-refractivity contribution in [1.29, 1.82) is 0 Å². The van der Waals surface area contributed by atoms with Gasteiger partial charge in [-0.1, -0.05) is 67.8 Å². The molecule has 3 aromatic rings. The van der Waals surface area contributed by atoms with E-state index in [2.05, 4.69) is 0 Å². The third kappa shape index (κ3) is 4.85. The van der Waals surface area contributed by atoms with Crippen molar-refractivity contribution in [2.75, 3.05) is 6.61 Å². The Kier molecular flexibility index (Phi) is 6.76. The van der Waals surface area contributed by atoms with Crippen molar-refractivity contribution < 1.29 is 23.9 Å². The molecule has 6 nitrogen and oxygen atoms in total. The van der Waals surface area contributed by atoms with Gasteiger partial charge in [0.2, 0.25) is 0 Å². The summed E-state index contributed by atoms with van der Waals surface area (Å²) in [6, 6.07) is 20.9. The van der Waals surface area contributed by atoms with Crippen LogP contribution >= 0.6 is 0 Å². The van der Waals surface area contributed by atoms with Gasteiger partial charge in [-0.2, -0.15) is 0 Å². The maximum absolute atomic E-state index is 12.6. The number of imide groups is 1. The first-order valence-electron chi connectivity index (χ1n) is 12.4. The van der Waals surface area contributed by atoms with E-state index in [0.717, 1.165) is 4.90 Å². The minimum absolute atomic E-state index is 0.0414. The SMILES string of the molecule is O=C(COC(=O)c1cccc(CN2C(=O)c3ccccc3C2=O)c1)c1ccc(C2CCCCC2)cc1. The minimum atomic E-state index is -0.633. The summed E-state index contributed by atoms with van der Waals surface area (Å²) >= 11 is 0. The number of esters is 1. The lowest BCUT2D eigenvalue weighted by Crippen LogP contribution is -2.29. The van der Waals surface area contributed by atoms with E-state index in [4.69, 9.17) is 4.74 Å². The van der Waals surface area contributed by atoms with Crippen LogP contribution in [0.4, 0.5) is 0 Å². The Labute approximate surface area is 209 Å². The molecule has 0 bridgehead atoms.